The average molecular weight is 367 g/mol. The van der Waals surface area contributed by atoms with Gasteiger partial charge in [0.2, 0.25) is 0 Å². The fourth-order valence-corrected chi connectivity index (χ4v) is 2.98. The van der Waals surface area contributed by atoms with E-state index in [9.17, 15) is 4.79 Å². The molecule has 0 aliphatic carbocycles. The summed E-state index contributed by atoms with van der Waals surface area (Å²) >= 11 is 12.7. The number of halogens is 2. The van der Waals surface area contributed by atoms with E-state index in [1.807, 2.05) is 48.5 Å². The van der Waals surface area contributed by atoms with Crippen LogP contribution in [0.1, 0.15) is 34.7 Å². The largest absolute Gasteiger partial charge is 0.497 e. The van der Waals surface area contributed by atoms with Crippen LogP contribution in [-0.4, -0.2) is 20.0 Å². The number of hydrogen-bond donors (Lipinski definition) is 0. The summed E-state index contributed by atoms with van der Waals surface area (Å²) in [6.45, 7) is 0. The summed E-state index contributed by atoms with van der Waals surface area (Å²) in [6.07, 6.45) is 0.487. The van der Waals surface area contributed by atoms with Crippen molar-refractivity contribution in [3.8, 4) is 11.5 Å². The van der Waals surface area contributed by atoms with Gasteiger partial charge < -0.3 is 9.47 Å². The smallest absolute Gasteiger partial charge is 0.136 e. The van der Waals surface area contributed by atoms with E-state index in [1.165, 1.54) is 0 Å². The quantitative estimate of drug-likeness (QED) is 0.593. The van der Waals surface area contributed by atoms with E-state index in [0.29, 0.717) is 0 Å². The van der Waals surface area contributed by atoms with E-state index in [1.54, 1.807) is 14.2 Å². The number of ether oxygens (including phenoxy) is 2. The second-order valence-electron chi connectivity index (χ2n) is 5.43. The molecule has 2 rings (SSSR count). The van der Waals surface area contributed by atoms with Crippen LogP contribution in [0.3, 0.4) is 0 Å². The van der Waals surface area contributed by atoms with Crippen LogP contribution in [0, 0.1) is 0 Å². The van der Waals surface area contributed by atoms with Crippen LogP contribution >= 0.6 is 23.2 Å². The third-order valence-electron chi connectivity index (χ3n) is 3.77. The van der Waals surface area contributed by atoms with Crippen molar-refractivity contribution in [2.24, 2.45) is 0 Å². The van der Waals surface area contributed by atoms with Gasteiger partial charge in [-0.05, 0) is 35.4 Å². The van der Waals surface area contributed by atoms with Gasteiger partial charge in [0.05, 0.1) is 25.0 Å². The maximum atomic E-state index is 12.2. The van der Waals surface area contributed by atoms with Gasteiger partial charge in [0, 0.05) is 12.8 Å². The molecule has 0 radical (unpaired) electrons. The Hall–Kier alpha value is -1.71. The number of carbonyl (C=O) groups is 1. The summed E-state index contributed by atoms with van der Waals surface area (Å²) in [4.78, 5) is 12.2. The molecule has 0 aliphatic rings. The van der Waals surface area contributed by atoms with Crippen LogP contribution in [0.25, 0.3) is 0 Å². The van der Waals surface area contributed by atoms with E-state index < -0.39 is 0 Å². The molecule has 0 saturated carbocycles. The average Bonchev–Trinajstić information content (AvgIpc) is 2.61. The van der Waals surface area contributed by atoms with Gasteiger partial charge in [-0.1, -0.05) is 24.3 Å². The third kappa shape index (κ3) is 5.15. The SMILES string of the molecule is COc1ccc(C(Cl)CC(=O)CC(Cl)c2ccc(OC)cc2)cc1. The van der Waals surface area contributed by atoms with Gasteiger partial charge in [-0.2, -0.15) is 0 Å². The van der Waals surface area contributed by atoms with Gasteiger partial charge in [0.15, 0.2) is 0 Å². The Morgan fingerprint density at radius 2 is 1.12 bits per heavy atom. The van der Waals surface area contributed by atoms with Crippen molar-refractivity contribution >= 4 is 29.0 Å². The Bertz CT molecular complexity index is 596. The van der Waals surface area contributed by atoms with Gasteiger partial charge in [0.1, 0.15) is 17.3 Å². The van der Waals surface area contributed by atoms with Crippen LogP contribution in [0.15, 0.2) is 48.5 Å². The van der Waals surface area contributed by atoms with E-state index in [2.05, 4.69) is 0 Å². The number of benzene rings is 2. The predicted molar refractivity (Wildman–Crippen MR) is 97.4 cm³/mol. The Morgan fingerprint density at radius 1 is 0.792 bits per heavy atom. The van der Waals surface area contributed by atoms with Crippen LogP contribution in [0.2, 0.25) is 0 Å². The molecule has 0 spiro atoms. The van der Waals surface area contributed by atoms with Gasteiger partial charge in [-0.25, -0.2) is 0 Å². The van der Waals surface area contributed by atoms with E-state index in [-0.39, 0.29) is 29.4 Å². The summed E-state index contributed by atoms with van der Waals surface area (Å²) in [7, 11) is 3.22. The summed E-state index contributed by atoms with van der Waals surface area (Å²) < 4.78 is 10.2. The molecule has 0 amide bonds. The maximum Gasteiger partial charge on any atom is 0.136 e. The number of Topliss-reactive ketones (excluding diaryl/α,β-unsaturated/α-hetero) is 1. The minimum absolute atomic E-state index is 0.0293. The zero-order chi connectivity index (χ0) is 17.5. The van der Waals surface area contributed by atoms with Gasteiger partial charge in [-0.3, -0.25) is 4.79 Å². The van der Waals surface area contributed by atoms with E-state index >= 15 is 0 Å². The number of carbonyl (C=O) groups excluding carboxylic acids is 1. The lowest BCUT2D eigenvalue weighted by molar-refractivity contribution is -0.119. The molecule has 0 heterocycles. The first-order valence-corrected chi connectivity index (χ1v) is 8.48. The fraction of sp³-hybridized carbons (Fsp3) is 0.316. The summed E-state index contributed by atoms with van der Waals surface area (Å²) in [5.74, 6) is 1.55. The molecule has 0 aliphatic heterocycles. The minimum atomic E-state index is -0.372. The van der Waals surface area contributed by atoms with E-state index in [0.717, 1.165) is 22.6 Å². The summed E-state index contributed by atoms with van der Waals surface area (Å²) in [5, 5.41) is -0.744. The molecule has 0 saturated heterocycles. The molecule has 0 aromatic heterocycles. The van der Waals surface area contributed by atoms with Crippen LogP contribution < -0.4 is 9.47 Å². The Kier molecular flexibility index (Phi) is 6.95. The highest BCUT2D eigenvalue weighted by atomic mass is 35.5. The van der Waals surface area contributed by atoms with Crippen LogP contribution in [0.4, 0.5) is 0 Å². The molecule has 2 unspecified atom stereocenters. The molecule has 2 atom stereocenters. The molecular weight excluding hydrogens is 347 g/mol. The Balaban J connectivity index is 1.90. The van der Waals surface area contributed by atoms with Gasteiger partial charge >= 0.3 is 0 Å². The second-order valence-corrected chi connectivity index (χ2v) is 6.48. The Morgan fingerprint density at radius 3 is 1.42 bits per heavy atom. The van der Waals surface area contributed by atoms with Gasteiger partial charge in [-0.15, -0.1) is 23.2 Å². The standard InChI is InChI=1S/C19H20Cl2O3/c1-23-16-7-3-13(4-8-16)18(20)11-15(22)12-19(21)14-5-9-17(24-2)10-6-14/h3-10,18-19H,11-12H2,1-2H3. The minimum Gasteiger partial charge on any atom is -0.497 e. The lowest BCUT2D eigenvalue weighted by atomic mass is 10.0. The first-order chi connectivity index (χ1) is 11.5. The molecule has 24 heavy (non-hydrogen) atoms. The molecule has 5 heteroatoms. The molecule has 2 aromatic rings. The normalized spacial score (nSPS) is 13.2. The van der Waals surface area contributed by atoms with Crippen molar-refractivity contribution in [3.05, 3.63) is 59.7 Å². The number of ketones is 1. The number of alkyl halides is 2. The fourth-order valence-electron chi connectivity index (χ4n) is 2.34. The lowest BCUT2D eigenvalue weighted by Crippen LogP contribution is -2.06. The molecule has 0 fully saturated rings. The van der Waals surface area contributed by atoms with Gasteiger partial charge in [0.25, 0.3) is 0 Å². The topological polar surface area (TPSA) is 35.5 Å². The number of rotatable bonds is 8. The van der Waals surface area contributed by atoms with Crippen molar-refractivity contribution in [1.82, 2.24) is 0 Å². The third-order valence-corrected chi connectivity index (χ3v) is 4.58. The zero-order valence-corrected chi connectivity index (χ0v) is 15.2. The van der Waals surface area contributed by atoms with Crippen LogP contribution in [-0.2, 0) is 4.79 Å². The first kappa shape index (κ1) is 18.6. The molecular formula is C19H20Cl2O3. The van der Waals surface area contributed by atoms with Crippen molar-refractivity contribution in [3.63, 3.8) is 0 Å². The highest BCUT2D eigenvalue weighted by Gasteiger charge is 2.18. The van der Waals surface area contributed by atoms with E-state index in [4.69, 9.17) is 32.7 Å². The highest BCUT2D eigenvalue weighted by Crippen LogP contribution is 2.31. The molecule has 2 aromatic carbocycles. The summed E-state index contributed by atoms with van der Waals surface area (Å²) in [6, 6.07) is 14.8. The molecule has 128 valence electrons. The zero-order valence-electron chi connectivity index (χ0n) is 13.7. The van der Waals surface area contributed by atoms with Crippen molar-refractivity contribution < 1.29 is 14.3 Å². The maximum absolute atomic E-state index is 12.2. The number of methoxy groups -OCH3 is 2. The van der Waals surface area contributed by atoms with Crippen LogP contribution in [0.5, 0.6) is 11.5 Å². The lowest BCUT2D eigenvalue weighted by Gasteiger charge is -2.13. The Labute approximate surface area is 152 Å². The molecule has 3 nitrogen and oxygen atoms in total. The number of hydrogen-bond acceptors (Lipinski definition) is 3. The summed E-state index contributed by atoms with van der Waals surface area (Å²) in [5.41, 5.74) is 1.78. The second kappa shape index (κ2) is 8.95. The van der Waals surface area contributed by atoms with Crippen molar-refractivity contribution in [2.75, 3.05) is 14.2 Å². The highest BCUT2D eigenvalue weighted by molar-refractivity contribution is 6.23. The predicted octanol–water partition coefficient (Wildman–Crippen LogP) is 5.31. The molecule has 0 N–H and O–H groups in total. The first-order valence-electron chi connectivity index (χ1n) is 7.61. The molecule has 0 bridgehead atoms. The van der Waals surface area contributed by atoms with Crippen molar-refractivity contribution in [1.29, 1.82) is 0 Å². The monoisotopic (exact) mass is 366 g/mol. The van der Waals surface area contributed by atoms with Crippen molar-refractivity contribution in [2.45, 2.75) is 23.6 Å².